The average molecular weight is 344 g/mol. The number of thioether (sulfide) groups is 1. The maximum atomic E-state index is 13.1. The molecule has 2 aromatic rings. The molecule has 1 amide bonds. The molecule has 1 aliphatic heterocycles. The van der Waals surface area contributed by atoms with Crippen molar-refractivity contribution in [3.8, 4) is 0 Å². The van der Waals surface area contributed by atoms with Gasteiger partial charge in [-0.3, -0.25) is 4.79 Å². The molecule has 1 aromatic heterocycles. The summed E-state index contributed by atoms with van der Waals surface area (Å²) < 4.78 is 5.25. The van der Waals surface area contributed by atoms with Gasteiger partial charge in [0.05, 0.1) is 5.69 Å². The van der Waals surface area contributed by atoms with Crippen molar-refractivity contribution in [2.45, 2.75) is 44.1 Å². The Morgan fingerprint density at radius 2 is 1.92 bits per heavy atom. The third kappa shape index (κ3) is 3.83. The number of carbonyl (C=O) groups is 1. The highest BCUT2D eigenvalue weighted by atomic mass is 32.2. The zero-order chi connectivity index (χ0) is 16.9. The number of amides is 1. The molecule has 3 rings (SSSR count). The van der Waals surface area contributed by atoms with Crippen LogP contribution in [-0.4, -0.2) is 29.1 Å². The Labute approximate surface area is 147 Å². The van der Waals surface area contributed by atoms with E-state index in [9.17, 15) is 4.79 Å². The van der Waals surface area contributed by atoms with Crippen LogP contribution < -0.4 is 0 Å². The third-order valence-corrected chi connectivity index (χ3v) is 5.83. The van der Waals surface area contributed by atoms with Crippen LogP contribution in [0.3, 0.4) is 0 Å². The summed E-state index contributed by atoms with van der Waals surface area (Å²) in [6.07, 6.45) is 3.45. The van der Waals surface area contributed by atoms with Gasteiger partial charge in [-0.2, -0.15) is 0 Å². The van der Waals surface area contributed by atoms with Gasteiger partial charge in [-0.05, 0) is 38.7 Å². The van der Waals surface area contributed by atoms with Crippen molar-refractivity contribution in [2.75, 3.05) is 13.1 Å². The number of likely N-dealkylation sites (tertiary alicyclic amines) is 1. The smallest absolute Gasteiger partial charge is 0.240 e. The molecule has 2 heterocycles. The van der Waals surface area contributed by atoms with Gasteiger partial charge in [0.1, 0.15) is 11.0 Å². The fourth-order valence-corrected chi connectivity index (χ4v) is 4.48. The van der Waals surface area contributed by atoms with Gasteiger partial charge in [-0.25, -0.2) is 0 Å². The SMILES string of the molecule is Cc1noc(C)c1CS[C@@H](C(=O)N1CCCCC1)c1ccccc1. The lowest BCUT2D eigenvalue weighted by Crippen LogP contribution is -2.38. The van der Waals surface area contributed by atoms with Gasteiger partial charge in [-0.15, -0.1) is 11.8 Å². The van der Waals surface area contributed by atoms with Gasteiger partial charge in [0.2, 0.25) is 5.91 Å². The number of rotatable bonds is 5. The number of piperidine rings is 1. The van der Waals surface area contributed by atoms with Crippen LogP contribution in [-0.2, 0) is 10.5 Å². The van der Waals surface area contributed by atoms with Crippen LogP contribution in [0.5, 0.6) is 0 Å². The van der Waals surface area contributed by atoms with E-state index < -0.39 is 0 Å². The molecular formula is C19H24N2O2S. The number of aromatic nitrogens is 1. The predicted molar refractivity (Wildman–Crippen MR) is 96.9 cm³/mol. The molecule has 1 aromatic carbocycles. The molecule has 128 valence electrons. The topological polar surface area (TPSA) is 46.3 Å². The first-order valence-electron chi connectivity index (χ1n) is 8.54. The molecule has 1 aliphatic rings. The van der Waals surface area contributed by atoms with E-state index in [0.29, 0.717) is 0 Å². The number of aryl methyl sites for hydroxylation is 2. The van der Waals surface area contributed by atoms with Gasteiger partial charge in [0.15, 0.2) is 0 Å². The first-order chi connectivity index (χ1) is 11.7. The summed E-state index contributed by atoms with van der Waals surface area (Å²) in [5.74, 6) is 1.82. The zero-order valence-corrected chi connectivity index (χ0v) is 15.1. The lowest BCUT2D eigenvalue weighted by atomic mass is 10.1. The normalized spacial score (nSPS) is 16.2. The maximum absolute atomic E-state index is 13.1. The van der Waals surface area contributed by atoms with E-state index in [1.165, 1.54) is 6.42 Å². The number of carbonyl (C=O) groups excluding carboxylic acids is 1. The van der Waals surface area contributed by atoms with Crippen LogP contribution in [0.4, 0.5) is 0 Å². The van der Waals surface area contributed by atoms with Crippen molar-refractivity contribution < 1.29 is 9.32 Å². The van der Waals surface area contributed by atoms with E-state index in [1.807, 2.05) is 49.1 Å². The van der Waals surface area contributed by atoms with Crippen LogP contribution in [0.2, 0.25) is 0 Å². The molecule has 1 atom stereocenters. The minimum atomic E-state index is -0.169. The minimum Gasteiger partial charge on any atom is -0.361 e. The van der Waals surface area contributed by atoms with E-state index in [0.717, 1.165) is 54.3 Å². The molecular weight excluding hydrogens is 320 g/mol. The monoisotopic (exact) mass is 344 g/mol. The summed E-state index contributed by atoms with van der Waals surface area (Å²) in [7, 11) is 0. The van der Waals surface area contributed by atoms with E-state index in [4.69, 9.17) is 4.52 Å². The quantitative estimate of drug-likeness (QED) is 0.812. The van der Waals surface area contributed by atoms with Crippen LogP contribution in [0.15, 0.2) is 34.9 Å². The fraction of sp³-hybridized carbons (Fsp3) is 0.474. The van der Waals surface area contributed by atoms with E-state index in [-0.39, 0.29) is 11.2 Å². The number of hydrogen-bond donors (Lipinski definition) is 0. The summed E-state index contributed by atoms with van der Waals surface area (Å²) in [4.78, 5) is 15.1. The Balaban J connectivity index is 1.78. The lowest BCUT2D eigenvalue weighted by Gasteiger charge is -2.30. The highest BCUT2D eigenvalue weighted by molar-refractivity contribution is 7.99. The van der Waals surface area contributed by atoms with Crippen LogP contribution >= 0.6 is 11.8 Å². The maximum Gasteiger partial charge on any atom is 0.240 e. The highest BCUT2D eigenvalue weighted by Crippen LogP contribution is 2.35. The largest absolute Gasteiger partial charge is 0.361 e. The standard InChI is InChI=1S/C19H24N2O2S/c1-14-17(15(2)23-20-14)13-24-18(16-9-5-3-6-10-16)19(22)21-11-7-4-8-12-21/h3,5-6,9-10,18H,4,7-8,11-13H2,1-2H3/t18-/m1/s1. The van der Waals surface area contributed by atoms with Crippen molar-refractivity contribution >= 4 is 17.7 Å². The second kappa shape index (κ2) is 7.88. The Morgan fingerprint density at radius 3 is 2.54 bits per heavy atom. The van der Waals surface area contributed by atoms with Crippen LogP contribution in [0.1, 0.15) is 47.1 Å². The Kier molecular flexibility index (Phi) is 5.61. The van der Waals surface area contributed by atoms with Crippen molar-refractivity contribution in [2.24, 2.45) is 0 Å². The van der Waals surface area contributed by atoms with Crippen LogP contribution in [0, 0.1) is 13.8 Å². The van der Waals surface area contributed by atoms with Crippen molar-refractivity contribution in [3.63, 3.8) is 0 Å². The Morgan fingerprint density at radius 1 is 1.21 bits per heavy atom. The molecule has 4 nitrogen and oxygen atoms in total. The molecule has 0 aliphatic carbocycles. The summed E-state index contributed by atoms with van der Waals surface area (Å²) in [5, 5.41) is 3.85. The summed E-state index contributed by atoms with van der Waals surface area (Å²) >= 11 is 1.67. The van der Waals surface area contributed by atoms with Gasteiger partial charge in [-0.1, -0.05) is 35.5 Å². The second-order valence-corrected chi connectivity index (χ2v) is 7.38. The van der Waals surface area contributed by atoms with Gasteiger partial charge < -0.3 is 9.42 Å². The average Bonchev–Trinajstić information content (AvgIpc) is 2.95. The first-order valence-corrected chi connectivity index (χ1v) is 9.59. The lowest BCUT2D eigenvalue weighted by molar-refractivity contribution is -0.131. The molecule has 24 heavy (non-hydrogen) atoms. The van der Waals surface area contributed by atoms with E-state index in [2.05, 4.69) is 5.16 Å². The number of nitrogens with zero attached hydrogens (tertiary/aromatic N) is 2. The molecule has 1 saturated heterocycles. The molecule has 0 bridgehead atoms. The molecule has 0 saturated carbocycles. The Hall–Kier alpha value is -1.75. The molecule has 0 unspecified atom stereocenters. The Bertz CT molecular complexity index is 658. The van der Waals surface area contributed by atoms with Gasteiger partial charge in [0.25, 0.3) is 0 Å². The van der Waals surface area contributed by atoms with Crippen molar-refractivity contribution in [3.05, 3.63) is 52.9 Å². The number of benzene rings is 1. The predicted octanol–water partition coefficient (Wildman–Crippen LogP) is 4.28. The van der Waals surface area contributed by atoms with Crippen molar-refractivity contribution in [1.82, 2.24) is 10.1 Å². The molecule has 0 radical (unpaired) electrons. The molecule has 5 heteroatoms. The third-order valence-electron chi connectivity index (χ3n) is 4.57. The summed E-state index contributed by atoms with van der Waals surface area (Å²) in [6.45, 7) is 5.65. The summed E-state index contributed by atoms with van der Waals surface area (Å²) in [5.41, 5.74) is 3.09. The minimum absolute atomic E-state index is 0.169. The fourth-order valence-electron chi connectivity index (χ4n) is 3.09. The van der Waals surface area contributed by atoms with Gasteiger partial charge >= 0.3 is 0 Å². The molecule has 1 fully saturated rings. The van der Waals surface area contributed by atoms with E-state index >= 15 is 0 Å². The molecule has 0 spiro atoms. The zero-order valence-electron chi connectivity index (χ0n) is 14.3. The summed E-state index contributed by atoms with van der Waals surface area (Å²) in [6, 6.07) is 10.1. The molecule has 0 N–H and O–H groups in total. The van der Waals surface area contributed by atoms with E-state index in [1.54, 1.807) is 11.8 Å². The van der Waals surface area contributed by atoms with Crippen molar-refractivity contribution in [1.29, 1.82) is 0 Å². The number of hydrogen-bond acceptors (Lipinski definition) is 4. The van der Waals surface area contributed by atoms with Crippen LogP contribution in [0.25, 0.3) is 0 Å². The van der Waals surface area contributed by atoms with Gasteiger partial charge in [0, 0.05) is 24.4 Å². The first kappa shape index (κ1) is 17.1. The highest BCUT2D eigenvalue weighted by Gasteiger charge is 2.28. The second-order valence-electron chi connectivity index (χ2n) is 6.29.